The van der Waals surface area contributed by atoms with E-state index >= 15 is 0 Å². The van der Waals surface area contributed by atoms with Crippen LogP contribution in [-0.2, 0) is 0 Å². The van der Waals surface area contributed by atoms with Crippen LogP contribution in [0, 0.1) is 6.92 Å². The lowest BCUT2D eigenvalue weighted by Crippen LogP contribution is -1.94. The number of carbonyl (C=O) groups excluding carboxylic acids is 2. The van der Waals surface area contributed by atoms with Crippen molar-refractivity contribution in [3.05, 3.63) is 29.4 Å². The second kappa shape index (κ2) is 3.77. The van der Waals surface area contributed by atoms with Crippen LogP contribution < -0.4 is 0 Å². The first-order chi connectivity index (χ1) is 7.65. The van der Waals surface area contributed by atoms with E-state index in [1.165, 1.54) is 19.5 Å². The van der Waals surface area contributed by atoms with Crippen LogP contribution in [-0.4, -0.2) is 22.0 Å². The molecule has 0 aliphatic carbocycles. The van der Waals surface area contributed by atoms with Gasteiger partial charge in [-0.25, -0.2) is 4.98 Å². The maximum atomic E-state index is 11.3. The number of H-pyrrole nitrogens is 1. The van der Waals surface area contributed by atoms with E-state index in [4.69, 9.17) is 4.42 Å². The van der Waals surface area contributed by atoms with Gasteiger partial charge in [-0.3, -0.25) is 9.59 Å². The van der Waals surface area contributed by atoms with Crippen LogP contribution in [0.1, 0.15) is 33.3 Å². The van der Waals surface area contributed by atoms with Crippen molar-refractivity contribution in [2.75, 3.05) is 0 Å². The summed E-state index contributed by atoms with van der Waals surface area (Å²) in [4.78, 5) is 29.0. The highest BCUT2D eigenvalue weighted by atomic mass is 16.3. The van der Waals surface area contributed by atoms with E-state index in [1.807, 2.05) is 0 Å². The number of aromatic nitrogens is 2. The summed E-state index contributed by atoms with van der Waals surface area (Å²) in [6.45, 7) is 3.16. The zero-order chi connectivity index (χ0) is 11.7. The van der Waals surface area contributed by atoms with E-state index in [9.17, 15) is 9.59 Å². The zero-order valence-electron chi connectivity index (χ0n) is 8.90. The molecule has 0 aliphatic rings. The summed E-state index contributed by atoms with van der Waals surface area (Å²) in [6, 6.07) is 0. The summed E-state index contributed by atoms with van der Waals surface area (Å²) >= 11 is 0. The molecule has 0 atom stereocenters. The van der Waals surface area contributed by atoms with Crippen molar-refractivity contribution in [1.29, 1.82) is 0 Å². The lowest BCUT2D eigenvalue weighted by Gasteiger charge is -1.92. The normalized spacial score (nSPS) is 10.4. The van der Waals surface area contributed by atoms with Crippen LogP contribution in [0.15, 0.2) is 17.0 Å². The average Bonchev–Trinajstić information content (AvgIpc) is 2.83. The van der Waals surface area contributed by atoms with Crippen molar-refractivity contribution in [3.63, 3.8) is 0 Å². The molecule has 0 spiro atoms. The van der Waals surface area contributed by atoms with Crippen LogP contribution in [0.2, 0.25) is 0 Å². The Hall–Kier alpha value is -2.17. The fraction of sp³-hybridized carbons (Fsp3) is 0.182. The fourth-order valence-electron chi connectivity index (χ4n) is 1.64. The summed E-state index contributed by atoms with van der Waals surface area (Å²) in [7, 11) is 0. The van der Waals surface area contributed by atoms with Gasteiger partial charge in [-0.15, -0.1) is 0 Å². The summed E-state index contributed by atoms with van der Waals surface area (Å²) in [6.07, 6.45) is 3.46. The maximum absolute atomic E-state index is 11.3. The van der Waals surface area contributed by atoms with E-state index in [0.29, 0.717) is 34.6 Å². The van der Waals surface area contributed by atoms with E-state index < -0.39 is 0 Å². The number of nitrogens with one attached hydrogen (secondary N) is 1. The molecular formula is C11H10N2O3. The lowest BCUT2D eigenvalue weighted by atomic mass is 10.1. The molecule has 0 aromatic carbocycles. The first kappa shape index (κ1) is 10.4. The van der Waals surface area contributed by atoms with E-state index in [1.54, 1.807) is 6.92 Å². The third-order valence-corrected chi connectivity index (χ3v) is 2.45. The highest BCUT2D eigenvalue weighted by molar-refractivity contribution is 5.99. The Kier molecular flexibility index (Phi) is 2.44. The van der Waals surface area contributed by atoms with Crippen molar-refractivity contribution in [3.8, 4) is 11.5 Å². The SMILES string of the molecule is CC(=O)c1[nH]c(-c2cnco2)c(C=O)c1C. The van der Waals surface area contributed by atoms with Crippen molar-refractivity contribution in [2.24, 2.45) is 0 Å². The monoisotopic (exact) mass is 218 g/mol. The van der Waals surface area contributed by atoms with E-state index in [-0.39, 0.29) is 5.78 Å². The maximum Gasteiger partial charge on any atom is 0.181 e. The topological polar surface area (TPSA) is 76.0 Å². The van der Waals surface area contributed by atoms with Crippen LogP contribution in [0.3, 0.4) is 0 Å². The molecule has 0 bridgehead atoms. The number of ketones is 1. The molecule has 0 saturated heterocycles. The molecule has 5 heteroatoms. The summed E-state index contributed by atoms with van der Waals surface area (Å²) in [5, 5.41) is 0. The molecule has 2 rings (SSSR count). The van der Waals surface area contributed by atoms with Gasteiger partial charge in [0.05, 0.1) is 17.6 Å². The molecule has 2 aromatic rings. The highest BCUT2D eigenvalue weighted by Crippen LogP contribution is 2.26. The molecule has 1 N–H and O–H groups in total. The molecule has 0 amide bonds. The molecule has 2 aromatic heterocycles. The number of aldehydes is 1. The van der Waals surface area contributed by atoms with E-state index in [0.717, 1.165) is 0 Å². The van der Waals surface area contributed by atoms with Crippen molar-refractivity contribution >= 4 is 12.1 Å². The van der Waals surface area contributed by atoms with Gasteiger partial charge in [0.15, 0.2) is 24.2 Å². The smallest absolute Gasteiger partial charge is 0.181 e. The standard InChI is InChI=1S/C11H10N2O3/c1-6-8(4-14)11(9-3-12-5-16-9)13-10(6)7(2)15/h3-5,13H,1-2H3. The molecule has 0 fully saturated rings. The van der Waals surface area contributed by atoms with Crippen molar-refractivity contribution < 1.29 is 14.0 Å². The highest BCUT2D eigenvalue weighted by Gasteiger charge is 2.19. The largest absolute Gasteiger partial charge is 0.442 e. The predicted octanol–water partition coefficient (Wildman–Crippen LogP) is 1.99. The van der Waals surface area contributed by atoms with Crippen LogP contribution in [0.4, 0.5) is 0 Å². The van der Waals surface area contributed by atoms with Gasteiger partial charge in [-0.2, -0.15) is 0 Å². The number of hydrogen-bond donors (Lipinski definition) is 1. The number of carbonyl (C=O) groups is 2. The second-order valence-corrected chi connectivity index (χ2v) is 3.45. The van der Waals surface area contributed by atoms with Gasteiger partial charge in [-0.1, -0.05) is 0 Å². The van der Waals surface area contributed by atoms with Gasteiger partial charge >= 0.3 is 0 Å². The third-order valence-electron chi connectivity index (χ3n) is 2.45. The van der Waals surface area contributed by atoms with Crippen molar-refractivity contribution in [1.82, 2.24) is 9.97 Å². The van der Waals surface area contributed by atoms with Crippen LogP contribution >= 0.6 is 0 Å². The molecule has 0 saturated carbocycles. The Balaban J connectivity index is 2.66. The average molecular weight is 218 g/mol. The van der Waals surface area contributed by atoms with Crippen LogP contribution in [0.5, 0.6) is 0 Å². The molecular weight excluding hydrogens is 208 g/mol. The van der Waals surface area contributed by atoms with Gasteiger partial charge in [0, 0.05) is 12.5 Å². The molecule has 16 heavy (non-hydrogen) atoms. The predicted molar refractivity (Wildman–Crippen MR) is 56.4 cm³/mol. The second-order valence-electron chi connectivity index (χ2n) is 3.45. The van der Waals surface area contributed by atoms with E-state index in [2.05, 4.69) is 9.97 Å². The number of nitrogens with zero attached hydrogens (tertiary/aromatic N) is 1. The van der Waals surface area contributed by atoms with Crippen LogP contribution in [0.25, 0.3) is 11.5 Å². The Labute approximate surface area is 91.5 Å². The number of Topliss-reactive ketones (excluding diaryl/α,β-unsaturated/α-hetero) is 1. The van der Waals surface area contributed by atoms with Gasteiger partial charge < -0.3 is 9.40 Å². The molecule has 2 heterocycles. The molecule has 0 aliphatic heterocycles. The molecule has 5 nitrogen and oxygen atoms in total. The van der Waals surface area contributed by atoms with Gasteiger partial charge in [0.25, 0.3) is 0 Å². The lowest BCUT2D eigenvalue weighted by molar-refractivity contribution is 0.101. The van der Waals surface area contributed by atoms with Gasteiger partial charge in [-0.05, 0) is 12.5 Å². The molecule has 0 unspecified atom stereocenters. The number of hydrogen-bond acceptors (Lipinski definition) is 4. The number of oxazole rings is 1. The Bertz CT molecular complexity index is 538. The minimum absolute atomic E-state index is 0.119. The number of rotatable bonds is 3. The minimum atomic E-state index is -0.119. The zero-order valence-corrected chi connectivity index (χ0v) is 8.90. The Morgan fingerprint density at radius 2 is 2.31 bits per heavy atom. The van der Waals surface area contributed by atoms with Gasteiger partial charge in [0.1, 0.15) is 0 Å². The summed E-state index contributed by atoms with van der Waals surface area (Å²) in [5.74, 6) is 0.323. The summed E-state index contributed by atoms with van der Waals surface area (Å²) < 4.78 is 5.10. The number of aromatic amines is 1. The molecule has 0 radical (unpaired) electrons. The molecule has 82 valence electrons. The fourth-order valence-corrected chi connectivity index (χ4v) is 1.64. The minimum Gasteiger partial charge on any atom is -0.442 e. The Morgan fingerprint density at radius 1 is 1.56 bits per heavy atom. The quantitative estimate of drug-likeness (QED) is 0.631. The Morgan fingerprint density at radius 3 is 2.81 bits per heavy atom. The van der Waals surface area contributed by atoms with Crippen molar-refractivity contribution in [2.45, 2.75) is 13.8 Å². The third kappa shape index (κ3) is 1.46. The first-order valence-electron chi connectivity index (χ1n) is 4.72. The summed E-state index contributed by atoms with van der Waals surface area (Å²) in [5.41, 5.74) is 1.99. The first-order valence-corrected chi connectivity index (χ1v) is 4.72. The van der Waals surface area contributed by atoms with Gasteiger partial charge in [0.2, 0.25) is 0 Å².